The van der Waals surface area contributed by atoms with Crippen molar-refractivity contribution in [3.05, 3.63) is 40.3 Å². The van der Waals surface area contributed by atoms with E-state index in [2.05, 4.69) is 26.3 Å². The lowest BCUT2D eigenvalue weighted by Gasteiger charge is -2.21. The van der Waals surface area contributed by atoms with Crippen molar-refractivity contribution in [1.82, 2.24) is 20.2 Å². The second kappa shape index (κ2) is 7.49. The molecule has 1 amide bonds. The van der Waals surface area contributed by atoms with Gasteiger partial charge in [0.1, 0.15) is 0 Å². The predicted molar refractivity (Wildman–Crippen MR) is 99.1 cm³/mol. The normalized spacial score (nSPS) is 21.4. The Hall–Kier alpha value is -1.99. The summed E-state index contributed by atoms with van der Waals surface area (Å²) in [5.74, 6) is 0.910. The smallest absolute Gasteiger partial charge is 0.263 e. The summed E-state index contributed by atoms with van der Waals surface area (Å²) in [5.41, 5.74) is 0. The Morgan fingerprint density at radius 1 is 1.12 bits per heavy atom. The number of anilines is 1. The lowest BCUT2D eigenvalue weighted by molar-refractivity contribution is 0.0772. The highest BCUT2D eigenvalue weighted by atomic mass is 32.1. The molecule has 0 unspecified atom stereocenters. The fourth-order valence-electron chi connectivity index (χ4n) is 3.51. The number of carbonyl (C=O) groups excluding carboxylic acids is 1. The molecule has 2 aromatic heterocycles. The number of amides is 1. The number of rotatable bonds is 3. The van der Waals surface area contributed by atoms with E-state index in [1.54, 1.807) is 23.7 Å². The Bertz CT molecular complexity index is 713. The number of nitrogens with one attached hydrogen (secondary N) is 1. The van der Waals surface area contributed by atoms with Crippen LogP contribution in [0.15, 0.2) is 30.6 Å². The van der Waals surface area contributed by atoms with Crippen LogP contribution in [-0.4, -0.2) is 53.5 Å². The monoisotopic (exact) mass is 357 g/mol. The van der Waals surface area contributed by atoms with Gasteiger partial charge in [-0.15, -0.1) is 11.3 Å². The molecule has 1 atom stereocenters. The molecule has 0 radical (unpaired) electrons. The van der Waals surface area contributed by atoms with Crippen LogP contribution < -0.4 is 10.2 Å². The second-order valence-electron chi connectivity index (χ2n) is 6.53. The molecule has 2 aliphatic rings. The van der Waals surface area contributed by atoms with Gasteiger partial charge >= 0.3 is 0 Å². The van der Waals surface area contributed by atoms with Gasteiger partial charge in [-0.3, -0.25) is 4.79 Å². The van der Waals surface area contributed by atoms with Crippen LogP contribution in [0.5, 0.6) is 0 Å². The molecule has 6 nitrogen and oxygen atoms in total. The zero-order valence-corrected chi connectivity index (χ0v) is 15.0. The van der Waals surface area contributed by atoms with Gasteiger partial charge in [0.15, 0.2) is 0 Å². The van der Waals surface area contributed by atoms with E-state index in [9.17, 15) is 4.79 Å². The third-order valence-electron chi connectivity index (χ3n) is 4.86. The third-order valence-corrected chi connectivity index (χ3v) is 6.05. The molecule has 2 aromatic rings. The first kappa shape index (κ1) is 16.5. The number of aromatic nitrogens is 2. The van der Waals surface area contributed by atoms with E-state index < -0.39 is 0 Å². The van der Waals surface area contributed by atoms with Gasteiger partial charge in [-0.05, 0) is 44.0 Å². The first-order valence-electron chi connectivity index (χ1n) is 8.95. The maximum Gasteiger partial charge on any atom is 0.263 e. The standard InChI is InChI=1S/C18H23N5OS/c24-17(16-6-5-15(25-16)14-4-1-7-19-14)22-10-3-11-23(13-12-22)18-20-8-2-9-21-18/h2,5-6,8-9,14,19H,1,3-4,7,10-13H2/t14-/m1/s1. The molecule has 132 valence electrons. The zero-order valence-electron chi connectivity index (χ0n) is 14.2. The van der Waals surface area contributed by atoms with Crippen molar-refractivity contribution in [2.75, 3.05) is 37.6 Å². The van der Waals surface area contributed by atoms with Gasteiger partial charge in [-0.1, -0.05) is 0 Å². The van der Waals surface area contributed by atoms with Gasteiger partial charge < -0.3 is 15.1 Å². The van der Waals surface area contributed by atoms with Crippen LogP contribution in [-0.2, 0) is 0 Å². The maximum absolute atomic E-state index is 12.9. The summed E-state index contributed by atoms with van der Waals surface area (Å²) >= 11 is 1.64. The molecule has 25 heavy (non-hydrogen) atoms. The summed E-state index contributed by atoms with van der Waals surface area (Å²) in [6.07, 6.45) is 6.85. The average Bonchev–Trinajstić information content (AvgIpc) is 3.29. The summed E-state index contributed by atoms with van der Waals surface area (Å²) in [4.78, 5) is 27.8. The van der Waals surface area contributed by atoms with E-state index in [0.29, 0.717) is 12.6 Å². The lowest BCUT2D eigenvalue weighted by Crippen LogP contribution is -2.35. The van der Waals surface area contributed by atoms with Crippen LogP contribution >= 0.6 is 11.3 Å². The molecule has 4 heterocycles. The lowest BCUT2D eigenvalue weighted by atomic mass is 10.2. The summed E-state index contributed by atoms with van der Waals surface area (Å²) in [6.45, 7) is 4.24. The van der Waals surface area contributed by atoms with Crippen LogP contribution in [0.4, 0.5) is 5.95 Å². The van der Waals surface area contributed by atoms with E-state index in [1.165, 1.54) is 17.7 Å². The van der Waals surface area contributed by atoms with E-state index >= 15 is 0 Å². The highest BCUT2D eigenvalue weighted by molar-refractivity contribution is 7.14. The molecule has 0 spiro atoms. The molecule has 2 aliphatic heterocycles. The number of nitrogens with zero attached hydrogens (tertiary/aromatic N) is 4. The van der Waals surface area contributed by atoms with Gasteiger partial charge in [0.25, 0.3) is 5.91 Å². The molecule has 0 saturated carbocycles. The average molecular weight is 357 g/mol. The van der Waals surface area contributed by atoms with E-state index in [0.717, 1.165) is 43.4 Å². The Kier molecular flexibility index (Phi) is 4.94. The van der Waals surface area contributed by atoms with Gasteiger partial charge in [0.2, 0.25) is 5.95 Å². The highest BCUT2D eigenvalue weighted by Gasteiger charge is 2.24. The largest absolute Gasteiger partial charge is 0.339 e. The van der Waals surface area contributed by atoms with Crippen molar-refractivity contribution >= 4 is 23.2 Å². The predicted octanol–water partition coefficient (Wildman–Crippen LogP) is 2.32. The van der Waals surface area contributed by atoms with Crippen molar-refractivity contribution in [2.24, 2.45) is 0 Å². The van der Waals surface area contributed by atoms with Crippen molar-refractivity contribution in [3.63, 3.8) is 0 Å². The van der Waals surface area contributed by atoms with Gasteiger partial charge in [0, 0.05) is 49.5 Å². The minimum absolute atomic E-state index is 0.157. The Labute approximate surface area is 151 Å². The first-order valence-corrected chi connectivity index (χ1v) is 9.77. The molecule has 2 saturated heterocycles. The molecule has 4 rings (SSSR count). The molecule has 7 heteroatoms. The molecule has 0 bridgehead atoms. The number of carbonyl (C=O) groups is 1. The van der Waals surface area contributed by atoms with Crippen LogP contribution in [0.2, 0.25) is 0 Å². The fourth-order valence-corrected chi connectivity index (χ4v) is 4.60. The van der Waals surface area contributed by atoms with Crippen LogP contribution in [0.3, 0.4) is 0 Å². The number of hydrogen-bond acceptors (Lipinski definition) is 6. The van der Waals surface area contributed by atoms with Crippen LogP contribution in [0.1, 0.15) is 39.9 Å². The topological polar surface area (TPSA) is 61.4 Å². The molecular weight excluding hydrogens is 334 g/mol. The fraction of sp³-hybridized carbons (Fsp3) is 0.500. The van der Waals surface area contributed by atoms with Gasteiger partial charge in [-0.25, -0.2) is 9.97 Å². The van der Waals surface area contributed by atoms with Crippen molar-refractivity contribution in [2.45, 2.75) is 25.3 Å². The quantitative estimate of drug-likeness (QED) is 0.913. The Morgan fingerprint density at radius 3 is 2.80 bits per heavy atom. The Balaban J connectivity index is 1.41. The highest BCUT2D eigenvalue weighted by Crippen LogP contribution is 2.30. The molecule has 0 aliphatic carbocycles. The summed E-state index contributed by atoms with van der Waals surface area (Å²) in [5, 5.41) is 3.50. The van der Waals surface area contributed by atoms with Crippen LogP contribution in [0, 0.1) is 0 Å². The van der Waals surface area contributed by atoms with Crippen molar-refractivity contribution < 1.29 is 4.79 Å². The second-order valence-corrected chi connectivity index (χ2v) is 7.65. The van der Waals surface area contributed by atoms with Crippen LogP contribution in [0.25, 0.3) is 0 Å². The van der Waals surface area contributed by atoms with E-state index in [-0.39, 0.29) is 5.91 Å². The molecule has 0 aromatic carbocycles. The van der Waals surface area contributed by atoms with Gasteiger partial charge in [0.05, 0.1) is 4.88 Å². The maximum atomic E-state index is 12.9. The molecule has 1 N–H and O–H groups in total. The summed E-state index contributed by atoms with van der Waals surface area (Å²) < 4.78 is 0. The summed E-state index contributed by atoms with van der Waals surface area (Å²) in [6, 6.07) is 6.36. The third kappa shape index (κ3) is 3.67. The summed E-state index contributed by atoms with van der Waals surface area (Å²) in [7, 11) is 0. The number of thiophene rings is 1. The first-order chi connectivity index (χ1) is 12.3. The molecular formula is C18H23N5OS. The SMILES string of the molecule is O=C(c1ccc([C@H]2CCCN2)s1)N1CCCN(c2ncccn2)CC1. The molecule has 2 fully saturated rings. The van der Waals surface area contributed by atoms with Gasteiger partial charge in [-0.2, -0.15) is 0 Å². The number of hydrogen-bond donors (Lipinski definition) is 1. The van der Waals surface area contributed by atoms with Crippen molar-refractivity contribution in [3.8, 4) is 0 Å². The Morgan fingerprint density at radius 2 is 2.00 bits per heavy atom. The van der Waals surface area contributed by atoms with E-state index in [1.807, 2.05) is 17.0 Å². The van der Waals surface area contributed by atoms with Crippen molar-refractivity contribution in [1.29, 1.82) is 0 Å². The van der Waals surface area contributed by atoms with E-state index in [4.69, 9.17) is 0 Å². The minimum Gasteiger partial charge on any atom is -0.339 e. The zero-order chi connectivity index (χ0) is 17.1. The minimum atomic E-state index is 0.157.